The SMILES string of the molecule is CNC(C1=CCCCCC1)c1ccc(Cl)cc1F. The standard InChI is InChI=1S/C15H19ClFN/c1-18-15(11-6-4-2-3-5-7-11)13-9-8-12(16)10-14(13)17/h6,8-10,15,18H,2-5,7H2,1H3. The molecule has 1 aliphatic rings. The summed E-state index contributed by atoms with van der Waals surface area (Å²) in [5.74, 6) is -0.230. The Hall–Kier alpha value is -0.860. The molecule has 1 nitrogen and oxygen atoms in total. The highest BCUT2D eigenvalue weighted by Crippen LogP contribution is 2.31. The number of allylic oxidation sites excluding steroid dienone is 1. The third-order valence-electron chi connectivity index (χ3n) is 3.51. The third kappa shape index (κ3) is 3.12. The van der Waals surface area contributed by atoms with Crippen molar-refractivity contribution in [2.24, 2.45) is 0 Å². The minimum atomic E-state index is -0.230. The van der Waals surface area contributed by atoms with Crippen LogP contribution in [0.1, 0.15) is 43.7 Å². The molecule has 18 heavy (non-hydrogen) atoms. The normalized spacial score (nSPS) is 18.1. The van der Waals surface area contributed by atoms with Crippen molar-refractivity contribution in [3.05, 3.63) is 46.3 Å². The fourth-order valence-electron chi connectivity index (χ4n) is 2.58. The summed E-state index contributed by atoms with van der Waals surface area (Å²) < 4.78 is 14.0. The number of halogens is 2. The summed E-state index contributed by atoms with van der Waals surface area (Å²) in [4.78, 5) is 0. The average Bonchev–Trinajstić information content (AvgIpc) is 2.62. The molecular formula is C15H19ClFN. The molecule has 0 amide bonds. The Balaban J connectivity index is 2.29. The van der Waals surface area contributed by atoms with Gasteiger partial charge in [0.15, 0.2) is 0 Å². The van der Waals surface area contributed by atoms with Crippen molar-refractivity contribution in [3.63, 3.8) is 0 Å². The fourth-order valence-corrected chi connectivity index (χ4v) is 2.74. The van der Waals surface area contributed by atoms with E-state index in [9.17, 15) is 4.39 Å². The minimum Gasteiger partial charge on any atom is -0.310 e. The molecule has 1 aliphatic carbocycles. The molecule has 2 rings (SSSR count). The van der Waals surface area contributed by atoms with Crippen molar-refractivity contribution in [2.75, 3.05) is 7.05 Å². The molecule has 0 aliphatic heterocycles. The zero-order chi connectivity index (χ0) is 13.0. The zero-order valence-corrected chi connectivity index (χ0v) is 11.4. The Bertz CT molecular complexity index is 442. The van der Waals surface area contributed by atoms with Crippen LogP contribution in [0.4, 0.5) is 4.39 Å². The van der Waals surface area contributed by atoms with Gasteiger partial charge in [-0.25, -0.2) is 4.39 Å². The van der Waals surface area contributed by atoms with E-state index in [1.165, 1.54) is 30.9 Å². The summed E-state index contributed by atoms with van der Waals surface area (Å²) in [7, 11) is 1.88. The Morgan fingerprint density at radius 1 is 1.28 bits per heavy atom. The molecule has 1 aromatic rings. The Morgan fingerprint density at radius 3 is 2.83 bits per heavy atom. The third-order valence-corrected chi connectivity index (χ3v) is 3.74. The molecule has 0 spiro atoms. The van der Waals surface area contributed by atoms with Crippen molar-refractivity contribution >= 4 is 11.6 Å². The molecule has 0 radical (unpaired) electrons. The number of nitrogens with one attached hydrogen (secondary N) is 1. The van der Waals surface area contributed by atoms with Crippen LogP contribution in [0.3, 0.4) is 0 Å². The van der Waals surface area contributed by atoms with E-state index in [4.69, 9.17) is 11.6 Å². The van der Waals surface area contributed by atoms with E-state index in [1.807, 2.05) is 7.05 Å². The summed E-state index contributed by atoms with van der Waals surface area (Å²) in [6.07, 6.45) is 8.11. The first-order chi connectivity index (χ1) is 8.72. The maximum atomic E-state index is 14.0. The Kier molecular flexibility index (Phi) is 4.79. The van der Waals surface area contributed by atoms with Crippen LogP contribution in [0.25, 0.3) is 0 Å². The topological polar surface area (TPSA) is 12.0 Å². The molecule has 0 saturated carbocycles. The van der Waals surface area contributed by atoms with E-state index in [0.29, 0.717) is 10.6 Å². The van der Waals surface area contributed by atoms with Crippen LogP contribution in [0, 0.1) is 5.82 Å². The Labute approximate surface area is 113 Å². The summed E-state index contributed by atoms with van der Waals surface area (Å²) in [6.45, 7) is 0. The summed E-state index contributed by atoms with van der Waals surface area (Å²) in [5, 5.41) is 3.67. The summed E-state index contributed by atoms with van der Waals surface area (Å²) >= 11 is 5.80. The van der Waals surface area contributed by atoms with Crippen LogP contribution in [0.15, 0.2) is 29.8 Å². The molecule has 3 heteroatoms. The van der Waals surface area contributed by atoms with Gasteiger partial charge in [-0.1, -0.05) is 35.7 Å². The first kappa shape index (κ1) is 13.6. The highest BCUT2D eigenvalue weighted by molar-refractivity contribution is 6.30. The van der Waals surface area contributed by atoms with Crippen molar-refractivity contribution in [1.29, 1.82) is 0 Å². The summed E-state index contributed by atoms with van der Waals surface area (Å²) in [5.41, 5.74) is 1.99. The highest BCUT2D eigenvalue weighted by atomic mass is 35.5. The Morgan fingerprint density at radius 2 is 2.11 bits per heavy atom. The van der Waals surface area contributed by atoms with E-state index in [1.54, 1.807) is 12.1 Å². The van der Waals surface area contributed by atoms with Crippen LogP contribution >= 0.6 is 11.6 Å². The lowest BCUT2D eigenvalue weighted by Crippen LogP contribution is -2.20. The number of benzene rings is 1. The van der Waals surface area contributed by atoms with Crippen molar-refractivity contribution < 1.29 is 4.39 Å². The highest BCUT2D eigenvalue weighted by Gasteiger charge is 2.19. The van der Waals surface area contributed by atoms with Gasteiger partial charge in [-0.2, -0.15) is 0 Å². The van der Waals surface area contributed by atoms with E-state index >= 15 is 0 Å². The van der Waals surface area contributed by atoms with Crippen molar-refractivity contribution in [2.45, 2.75) is 38.1 Å². The fraction of sp³-hybridized carbons (Fsp3) is 0.467. The van der Waals surface area contributed by atoms with Crippen LogP contribution in [0.2, 0.25) is 5.02 Å². The molecule has 1 atom stereocenters. The lowest BCUT2D eigenvalue weighted by Gasteiger charge is -2.20. The van der Waals surface area contributed by atoms with Gasteiger partial charge in [0.05, 0.1) is 6.04 Å². The molecule has 0 fully saturated rings. The predicted octanol–water partition coefficient (Wildman–Crippen LogP) is 4.63. The lowest BCUT2D eigenvalue weighted by atomic mass is 9.95. The van der Waals surface area contributed by atoms with Gasteiger partial charge in [-0.15, -0.1) is 0 Å². The largest absolute Gasteiger partial charge is 0.310 e. The minimum absolute atomic E-state index is 0.0274. The molecular weight excluding hydrogens is 249 g/mol. The molecule has 1 N–H and O–H groups in total. The van der Waals surface area contributed by atoms with Crippen molar-refractivity contribution in [1.82, 2.24) is 5.32 Å². The van der Waals surface area contributed by atoms with E-state index in [-0.39, 0.29) is 11.9 Å². The first-order valence-electron chi connectivity index (χ1n) is 6.53. The number of hydrogen-bond acceptors (Lipinski definition) is 1. The lowest BCUT2D eigenvalue weighted by molar-refractivity contribution is 0.560. The second-order valence-electron chi connectivity index (χ2n) is 4.77. The van der Waals surface area contributed by atoms with Gasteiger partial charge >= 0.3 is 0 Å². The number of hydrogen-bond donors (Lipinski definition) is 1. The molecule has 0 bridgehead atoms. The van der Waals surface area contributed by atoms with Gasteiger partial charge in [-0.05, 0) is 44.9 Å². The van der Waals surface area contributed by atoms with E-state index in [2.05, 4.69) is 11.4 Å². The maximum Gasteiger partial charge on any atom is 0.129 e. The van der Waals surface area contributed by atoms with Gasteiger partial charge < -0.3 is 5.32 Å². The molecule has 98 valence electrons. The van der Waals surface area contributed by atoms with Gasteiger partial charge in [0.1, 0.15) is 5.82 Å². The van der Waals surface area contributed by atoms with Gasteiger partial charge in [0, 0.05) is 10.6 Å². The van der Waals surface area contributed by atoms with Crippen LogP contribution in [-0.2, 0) is 0 Å². The van der Waals surface area contributed by atoms with Crippen LogP contribution in [-0.4, -0.2) is 7.05 Å². The smallest absolute Gasteiger partial charge is 0.129 e. The zero-order valence-electron chi connectivity index (χ0n) is 10.7. The van der Waals surface area contributed by atoms with Crippen LogP contribution in [0.5, 0.6) is 0 Å². The van der Waals surface area contributed by atoms with E-state index in [0.717, 1.165) is 12.8 Å². The molecule has 0 aromatic heterocycles. The summed E-state index contributed by atoms with van der Waals surface area (Å²) in [6, 6.07) is 4.89. The second kappa shape index (κ2) is 6.35. The van der Waals surface area contributed by atoms with Gasteiger partial charge in [-0.3, -0.25) is 0 Å². The van der Waals surface area contributed by atoms with Gasteiger partial charge in [0.25, 0.3) is 0 Å². The molecule has 0 saturated heterocycles. The first-order valence-corrected chi connectivity index (χ1v) is 6.91. The molecule has 1 aromatic carbocycles. The second-order valence-corrected chi connectivity index (χ2v) is 5.20. The van der Waals surface area contributed by atoms with Gasteiger partial charge in [0.2, 0.25) is 0 Å². The number of likely N-dealkylation sites (N-methyl/N-ethyl adjacent to an activating group) is 1. The average molecular weight is 268 g/mol. The number of rotatable bonds is 3. The quantitative estimate of drug-likeness (QED) is 0.788. The predicted molar refractivity (Wildman–Crippen MR) is 74.4 cm³/mol. The monoisotopic (exact) mass is 267 g/mol. The molecule has 0 heterocycles. The molecule has 1 unspecified atom stereocenters. The van der Waals surface area contributed by atoms with E-state index < -0.39 is 0 Å². The maximum absolute atomic E-state index is 14.0. The van der Waals surface area contributed by atoms with Crippen LogP contribution < -0.4 is 5.32 Å². The van der Waals surface area contributed by atoms with Crippen molar-refractivity contribution in [3.8, 4) is 0 Å².